The minimum absolute atomic E-state index is 0. The van der Waals surface area contributed by atoms with E-state index >= 15 is 0 Å². The maximum atomic E-state index is 5.57. The molecule has 0 bridgehead atoms. The minimum atomic E-state index is 0. The second-order valence-corrected chi connectivity index (χ2v) is 4.69. The van der Waals surface area contributed by atoms with Crippen LogP contribution in [0.15, 0.2) is 4.99 Å². The molecule has 0 saturated carbocycles. The Bertz CT molecular complexity index is 247. The Hall–Kier alpha value is -0.0800. The zero-order valence-corrected chi connectivity index (χ0v) is 15.2. The number of rotatable bonds is 9. The van der Waals surface area contributed by atoms with Gasteiger partial charge in [0, 0.05) is 32.9 Å². The third-order valence-corrected chi connectivity index (χ3v) is 3.03. The topological polar surface area (TPSA) is 54.9 Å². The number of ether oxygens (including phenoxy) is 2. The van der Waals surface area contributed by atoms with Crippen LogP contribution in [0.1, 0.15) is 39.5 Å². The lowest BCUT2D eigenvalue weighted by molar-refractivity contribution is 0.117. The van der Waals surface area contributed by atoms with Gasteiger partial charge in [-0.05, 0) is 39.5 Å². The fourth-order valence-corrected chi connectivity index (χ4v) is 2.00. The van der Waals surface area contributed by atoms with E-state index in [9.17, 15) is 0 Å². The summed E-state index contributed by atoms with van der Waals surface area (Å²) >= 11 is 0. The van der Waals surface area contributed by atoms with Crippen LogP contribution in [0.4, 0.5) is 0 Å². The summed E-state index contributed by atoms with van der Waals surface area (Å²) in [5.41, 5.74) is 0. The summed E-state index contributed by atoms with van der Waals surface area (Å²) < 4.78 is 10.9. The van der Waals surface area contributed by atoms with E-state index in [1.807, 2.05) is 6.92 Å². The van der Waals surface area contributed by atoms with Crippen molar-refractivity contribution in [1.29, 1.82) is 0 Å². The first-order valence-corrected chi connectivity index (χ1v) is 7.58. The van der Waals surface area contributed by atoms with E-state index in [4.69, 9.17) is 9.47 Å². The Morgan fingerprint density at radius 1 is 1.30 bits per heavy atom. The molecular weight excluding hydrogens is 369 g/mol. The van der Waals surface area contributed by atoms with Crippen molar-refractivity contribution in [1.82, 2.24) is 10.6 Å². The average Bonchev–Trinajstić information content (AvgIpc) is 2.93. The lowest BCUT2D eigenvalue weighted by Crippen LogP contribution is -2.38. The number of guanidine groups is 1. The summed E-state index contributed by atoms with van der Waals surface area (Å²) in [6.07, 6.45) is 4.81. The van der Waals surface area contributed by atoms with Gasteiger partial charge in [-0.3, -0.25) is 4.99 Å². The molecule has 1 saturated heterocycles. The molecule has 6 heteroatoms. The van der Waals surface area contributed by atoms with E-state index in [2.05, 4.69) is 22.5 Å². The van der Waals surface area contributed by atoms with E-state index in [-0.39, 0.29) is 24.0 Å². The van der Waals surface area contributed by atoms with Gasteiger partial charge in [0.1, 0.15) is 0 Å². The van der Waals surface area contributed by atoms with Crippen LogP contribution in [0.25, 0.3) is 0 Å². The van der Waals surface area contributed by atoms with Crippen molar-refractivity contribution in [2.45, 2.75) is 45.6 Å². The molecule has 0 aliphatic carbocycles. The summed E-state index contributed by atoms with van der Waals surface area (Å²) in [5, 5.41) is 6.61. The van der Waals surface area contributed by atoms with Gasteiger partial charge in [0.05, 0.1) is 12.6 Å². The molecular formula is C14H30IN3O2. The Labute approximate surface area is 140 Å². The van der Waals surface area contributed by atoms with E-state index < -0.39 is 0 Å². The number of unbranched alkanes of at least 4 members (excludes halogenated alkanes) is 1. The molecule has 0 aromatic rings. The summed E-state index contributed by atoms with van der Waals surface area (Å²) in [5.74, 6) is 0.898. The van der Waals surface area contributed by atoms with Gasteiger partial charge in [-0.2, -0.15) is 0 Å². The second-order valence-electron chi connectivity index (χ2n) is 4.69. The van der Waals surface area contributed by atoms with Crippen LogP contribution in [0.3, 0.4) is 0 Å². The Kier molecular flexibility index (Phi) is 13.8. The highest BCUT2D eigenvalue weighted by molar-refractivity contribution is 14.0. The summed E-state index contributed by atoms with van der Waals surface area (Å²) in [4.78, 5) is 4.57. The van der Waals surface area contributed by atoms with Crippen molar-refractivity contribution >= 4 is 29.9 Å². The highest BCUT2D eigenvalue weighted by atomic mass is 127. The highest BCUT2D eigenvalue weighted by Gasteiger charge is 2.14. The van der Waals surface area contributed by atoms with Crippen molar-refractivity contribution in [2.24, 2.45) is 4.99 Å². The zero-order chi connectivity index (χ0) is 13.8. The minimum Gasteiger partial charge on any atom is -0.382 e. The molecule has 0 amide bonds. The fraction of sp³-hybridized carbons (Fsp3) is 0.929. The normalized spacial score (nSPS) is 18.7. The summed E-state index contributed by atoms with van der Waals surface area (Å²) in [7, 11) is 0. The van der Waals surface area contributed by atoms with Gasteiger partial charge in [-0.15, -0.1) is 24.0 Å². The predicted molar refractivity (Wildman–Crippen MR) is 94.1 cm³/mol. The molecule has 1 aliphatic rings. The van der Waals surface area contributed by atoms with Gasteiger partial charge >= 0.3 is 0 Å². The fourth-order valence-electron chi connectivity index (χ4n) is 2.00. The van der Waals surface area contributed by atoms with Crippen LogP contribution in [-0.2, 0) is 9.47 Å². The summed E-state index contributed by atoms with van der Waals surface area (Å²) in [6.45, 7) is 9.23. The number of halogens is 1. The van der Waals surface area contributed by atoms with Crippen LogP contribution in [0, 0.1) is 0 Å². The van der Waals surface area contributed by atoms with Gasteiger partial charge in [-0.25, -0.2) is 0 Å². The smallest absolute Gasteiger partial charge is 0.191 e. The Balaban J connectivity index is 0.00000361. The number of aliphatic imine (C=N–C) groups is 1. The van der Waals surface area contributed by atoms with Gasteiger partial charge < -0.3 is 20.1 Å². The maximum absolute atomic E-state index is 5.57. The first-order chi connectivity index (χ1) is 9.36. The van der Waals surface area contributed by atoms with Gasteiger partial charge in [0.2, 0.25) is 0 Å². The molecule has 0 spiro atoms. The molecule has 1 heterocycles. The third-order valence-electron chi connectivity index (χ3n) is 3.03. The lowest BCUT2D eigenvalue weighted by Gasteiger charge is -2.12. The molecule has 1 atom stereocenters. The van der Waals surface area contributed by atoms with Crippen LogP contribution in [0.2, 0.25) is 0 Å². The van der Waals surface area contributed by atoms with Gasteiger partial charge in [-0.1, -0.05) is 0 Å². The first-order valence-electron chi connectivity index (χ1n) is 7.58. The lowest BCUT2D eigenvalue weighted by atomic mass is 10.2. The van der Waals surface area contributed by atoms with E-state index in [1.54, 1.807) is 0 Å². The van der Waals surface area contributed by atoms with Crippen molar-refractivity contribution in [3.63, 3.8) is 0 Å². The van der Waals surface area contributed by atoms with Crippen LogP contribution >= 0.6 is 24.0 Å². The molecule has 2 N–H and O–H groups in total. The van der Waals surface area contributed by atoms with Gasteiger partial charge in [0.25, 0.3) is 0 Å². The Morgan fingerprint density at radius 3 is 2.80 bits per heavy atom. The highest BCUT2D eigenvalue weighted by Crippen LogP contribution is 2.11. The summed E-state index contributed by atoms with van der Waals surface area (Å²) in [6, 6.07) is 0. The molecule has 1 aliphatic heterocycles. The predicted octanol–water partition coefficient (Wildman–Crippen LogP) is 2.16. The molecule has 1 fully saturated rings. The standard InChI is InChI=1S/C14H29N3O2.HI/c1-3-15-14(16-9-5-6-10-18-4-2)17-12-13-8-7-11-19-13;/h13H,3-12H2,1-2H3,(H2,15,16,17);1H. The molecule has 5 nitrogen and oxygen atoms in total. The van der Waals surface area contributed by atoms with Crippen LogP contribution in [-0.4, -0.2) is 51.5 Å². The first kappa shape index (κ1) is 19.9. The molecule has 0 aromatic heterocycles. The van der Waals surface area contributed by atoms with Crippen molar-refractivity contribution in [3.05, 3.63) is 0 Å². The second kappa shape index (κ2) is 13.9. The number of nitrogens with one attached hydrogen (secondary N) is 2. The van der Waals surface area contributed by atoms with Crippen LogP contribution < -0.4 is 10.6 Å². The van der Waals surface area contributed by atoms with Crippen molar-refractivity contribution < 1.29 is 9.47 Å². The number of nitrogens with zero attached hydrogens (tertiary/aromatic N) is 1. The van der Waals surface area contributed by atoms with Crippen LogP contribution in [0.5, 0.6) is 0 Å². The average molecular weight is 399 g/mol. The molecule has 1 unspecified atom stereocenters. The van der Waals surface area contributed by atoms with Crippen molar-refractivity contribution in [2.75, 3.05) is 39.5 Å². The third kappa shape index (κ3) is 9.77. The number of hydrogen-bond donors (Lipinski definition) is 2. The molecule has 120 valence electrons. The van der Waals surface area contributed by atoms with E-state index in [1.165, 1.54) is 6.42 Å². The van der Waals surface area contributed by atoms with E-state index in [0.717, 1.165) is 64.7 Å². The molecule has 1 rings (SSSR count). The molecule has 0 aromatic carbocycles. The zero-order valence-electron chi connectivity index (χ0n) is 12.8. The Morgan fingerprint density at radius 2 is 2.15 bits per heavy atom. The quantitative estimate of drug-likeness (QED) is 0.270. The van der Waals surface area contributed by atoms with Gasteiger partial charge in [0.15, 0.2) is 5.96 Å². The maximum Gasteiger partial charge on any atom is 0.191 e. The SMILES string of the molecule is CCNC(=NCC1CCCO1)NCCCCOCC.I. The number of hydrogen-bond acceptors (Lipinski definition) is 3. The largest absolute Gasteiger partial charge is 0.382 e. The van der Waals surface area contributed by atoms with E-state index in [0.29, 0.717) is 6.10 Å². The monoisotopic (exact) mass is 399 g/mol. The van der Waals surface area contributed by atoms with Crippen molar-refractivity contribution in [3.8, 4) is 0 Å². The molecule has 20 heavy (non-hydrogen) atoms. The molecule has 0 radical (unpaired) electrons.